The smallest absolute Gasteiger partial charge is 0.407 e. The molecule has 4 atom stereocenters. The number of amides is 6. The number of likely N-dealkylation sites (tertiary alicyclic amines) is 2. The molecule has 6 amide bonds. The van der Waals surface area contributed by atoms with Gasteiger partial charge in [-0.3, -0.25) is 19.2 Å². The van der Waals surface area contributed by atoms with Crippen molar-refractivity contribution < 1.29 is 38.2 Å². The predicted molar refractivity (Wildman–Crippen MR) is 200 cm³/mol. The molecule has 0 unspecified atom stereocenters. The summed E-state index contributed by atoms with van der Waals surface area (Å²) in [6, 6.07) is 10.1. The lowest BCUT2D eigenvalue weighted by atomic mass is 10.1. The summed E-state index contributed by atoms with van der Waals surface area (Å²) in [5, 5.41) is 4.82. The number of ether oxygens (including phenoxy) is 2. The maximum Gasteiger partial charge on any atom is 0.407 e. The monoisotopic (exact) mass is 766 g/mol. The number of benzene rings is 2. The molecule has 56 heavy (non-hydrogen) atoms. The molecular formula is C38H42N10O8. The lowest BCUT2D eigenvalue weighted by molar-refractivity contribution is -0.136. The second-order valence-corrected chi connectivity index (χ2v) is 13.5. The number of nitrogens with zero attached hydrogens (tertiary/aromatic N) is 4. The van der Waals surface area contributed by atoms with Gasteiger partial charge in [0.05, 0.1) is 62.1 Å². The first-order valence-corrected chi connectivity index (χ1v) is 18.0. The van der Waals surface area contributed by atoms with Crippen LogP contribution in [-0.2, 0) is 28.7 Å². The molecular weight excluding hydrogens is 724 g/mol. The van der Waals surface area contributed by atoms with Gasteiger partial charge in [-0.25, -0.2) is 19.6 Å². The minimum Gasteiger partial charge on any atom is -0.453 e. The van der Waals surface area contributed by atoms with Gasteiger partial charge in [0.25, 0.3) is 0 Å². The Kier molecular flexibility index (Phi) is 11.8. The second-order valence-electron chi connectivity index (χ2n) is 13.5. The van der Waals surface area contributed by atoms with Gasteiger partial charge in [-0.1, -0.05) is 24.0 Å². The lowest BCUT2D eigenvalue weighted by Crippen LogP contribution is -2.50. The van der Waals surface area contributed by atoms with Gasteiger partial charge in [0.1, 0.15) is 23.7 Å². The highest BCUT2D eigenvalue weighted by atomic mass is 16.5. The normalized spacial score (nSPS) is 17.4. The highest BCUT2D eigenvalue weighted by Crippen LogP contribution is 2.34. The number of H-pyrrole nitrogens is 2. The van der Waals surface area contributed by atoms with Crippen LogP contribution in [0.1, 0.15) is 73.4 Å². The summed E-state index contributed by atoms with van der Waals surface area (Å²) in [5.41, 5.74) is 15.2. The van der Waals surface area contributed by atoms with Crippen LogP contribution in [0.15, 0.2) is 48.7 Å². The number of hydrogen-bond acceptors (Lipinski definition) is 10. The van der Waals surface area contributed by atoms with E-state index in [0.717, 1.165) is 27.9 Å². The minimum atomic E-state index is -1.16. The Morgan fingerprint density at radius 2 is 1.32 bits per heavy atom. The van der Waals surface area contributed by atoms with Crippen molar-refractivity contribution in [1.82, 2.24) is 40.4 Å². The van der Waals surface area contributed by atoms with E-state index in [1.54, 1.807) is 16.0 Å². The maximum atomic E-state index is 13.4. The van der Waals surface area contributed by atoms with Gasteiger partial charge in [0.15, 0.2) is 0 Å². The van der Waals surface area contributed by atoms with Crippen molar-refractivity contribution >= 4 is 46.8 Å². The Bertz CT molecular complexity index is 2200. The highest BCUT2D eigenvalue weighted by Gasteiger charge is 2.38. The fraction of sp³-hybridized carbons (Fsp3) is 0.368. The average Bonchev–Trinajstić information content (AvgIpc) is 4.01. The van der Waals surface area contributed by atoms with Crippen LogP contribution in [0.5, 0.6) is 0 Å². The molecule has 2 fully saturated rings. The number of nitrogens with two attached hydrogens (primary N) is 2. The number of rotatable bonds is 11. The van der Waals surface area contributed by atoms with Crippen LogP contribution >= 0.6 is 0 Å². The van der Waals surface area contributed by atoms with Gasteiger partial charge in [-0.2, -0.15) is 0 Å². The summed E-state index contributed by atoms with van der Waals surface area (Å²) in [5.74, 6) is 5.19. The number of hydrogen-bond donors (Lipinski definition) is 6. The molecule has 2 aromatic heterocycles. The molecule has 18 heteroatoms. The van der Waals surface area contributed by atoms with Gasteiger partial charge in [-0.15, -0.1) is 0 Å². The summed E-state index contributed by atoms with van der Waals surface area (Å²) in [4.78, 5) is 92.9. The van der Waals surface area contributed by atoms with E-state index >= 15 is 0 Å². The number of carbonyl (C=O) groups is 6. The fourth-order valence-corrected chi connectivity index (χ4v) is 7.03. The summed E-state index contributed by atoms with van der Waals surface area (Å²) in [7, 11) is 2.34. The van der Waals surface area contributed by atoms with Gasteiger partial charge in [0.2, 0.25) is 23.6 Å². The third kappa shape index (κ3) is 8.89. The van der Waals surface area contributed by atoms with Crippen LogP contribution in [0.25, 0.3) is 22.3 Å². The highest BCUT2D eigenvalue weighted by molar-refractivity contribution is 5.92. The molecule has 4 aromatic rings. The molecule has 0 saturated carbocycles. The third-order valence-electron chi connectivity index (χ3n) is 9.71. The Hall–Kier alpha value is -6.90. The number of aromatic amines is 2. The molecule has 18 nitrogen and oxygen atoms in total. The number of aromatic nitrogens is 4. The van der Waals surface area contributed by atoms with E-state index < -0.39 is 47.9 Å². The Labute approximate surface area is 321 Å². The number of carbonyl (C=O) groups excluding carboxylic acids is 6. The molecule has 0 spiro atoms. The van der Waals surface area contributed by atoms with Crippen molar-refractivity contribution in [2.24, 2.45) is 11.5 Å². The zero-order chi connectivity index (χ0) is 39.9. The molecule has 0 aliphatic carbocycles. The number of imidazole rings is 2. The SMILES string of the molecule is COC(=O)N[C@@H](CC(N)=O)C(=O)N1CCC[C@H]1c1ncc(-c2ccc(C#Cc3ccc4nc([C@@H]5CCCN5C(=O)[C@H](CC(N)=O)NC(=O)OC)[nH]c4c3)cc2)[nH]1. The largest absolute Gasteiger partial charge is 0.453 e. The van der Waals surface area contributed by atoms with E-state index in [-0.39, 0.29) is 24.9 Å². The fourth-order valence-electron chi connectivity index (χ4n) is 7.03. The molecule has 0 radical (unpaired) electrons. The van der Waals surface area contributed by atoms with E-state index in [4.69, 9.17) is 16.5 Å². The summed E-state index contributed by atoms with van der Waals surface area (Å²) in [6.07, 6.45) is 2.01. The first-order chi connectivity index (χ1) is 26.9. The van der Waals surface area contributed by atoms with E-state index in [9.17, 15) is 28.8 Å². The summed E-state index contributed by atoms with van der Waals surface area (Å²) < 4.78 is 9.24. The van der Waals surface area contributed by atoms with Crippen molar-refractivity contribution in [1.29, 1.82) is 0 Å². The first-order valence-electron chi connectivity index (χ1n) is 18.0. The number of alkyl carbamates (subject to hydrolysis) is 2. The number of primary amides is 2. The molecule has 2 aromatic carbocycles. The molecule has 2 aliphatic heterocycles. The number of methoxy groups -OCH3 is 2. The molecule has 6 rings (SSSR count). The van der Waals surface area contributed by atoms with E-state index in [0.29, 0.717) is 55.9 Å². The molecule has 2 saturated heterocycles. The third-order valence-corrected chi connectivity index (χ3v) is 9.71. The Morgan fingerprint density at radius 3 is 1.88 bits per heavy atom. The van der Waals surface area contributed by atoms with Crippen molar-refractivity contribution in [3.05, 3.63) is 71.4 Å². The molecule has 292 valence electrons. The quantitative estimate of drug-likeness (QED) is 0.121. The molecule has 0 bridgehead atoms. The van der Waals surface area contributed by atoms with Gasteiger partial charge >= 0.3 is 12.2 Å². The Morgan fingerprint density at radius 1 is 0.786 bits per heavy atom. The van der Waals surface area contributed by atoms with Gasteiger partial charge in [0, 0.05) is 24.2 Å². The zero-order valence-corrected chi connectivity index (χ0v) is 30.8. The van der Waals surface area contributed by atoms with E-state index in [1.165, 1.54) is 14.2 Å². The van der Waals surface area contributed by atoms with Crippen molar-refractivity contribution in [3.63, 3.8) is 0 Å². The van der Waals surface area contributed by atoms with Crippen LogP contribution in [0.2, 0.25) is 0 Å². The number of nitrogens with one attached hydrogen (secondary N) is 4. The van der Waals surface area contributed by atoms with Gasteiger partial charge in [-0.05, 0) is 61.6 Å². The summed E-state index contributed by atoms with van der Waals surface area (Å²) in [6.45, 7) is 0.852. The second kappa shape index (κ2) is 17.1. The molecule has 8 N–H and O–H groups in total. The predicted octanol–water partition coefficient (Wildman–Crippen LogP) is 1.88. The van der Waals surface area contributed by atoms with Crippen LogP contribution < -0.4 is 22.1 Å². The van der Waals surface area contributed by atoms with Gasteiger partial charge < -0.3 is 51.3 Å². The van der Waals surface area contributed by atoms with Crippen molar-refractivity contribution in [3.8, 4) is 23.1 Å². The topological polar surface area (TPSA) is 261 Å². The van der Waals surface area contributed by atoms with Crippen LogP contribution in [0.3, 0.4) is 0 Å². The van der Waals surface area contributed by atoms with Crippen molar-refractivity contribution in [2.45, 2.75) is 62.7 Å². The standard InChI is InChI=1S/C38H42N10O8/c1-55-37(53)45-26(18-31(39)49)35(51)47-15-3-5-29(47)33-41-20-28(44-33)23-12-9-21(10-13-23)7-8-22-11-14-24-25(17-22)43-34(42-24)30-6-4-16-48(30)36(52)27(19-32(40)50)46-38(54)56-2/h9-14,17,20,26-27,29-30H,3-6,15-16,18-19H2,1-2H3,(H2,39,49)(H2,40,50)(H,41,44)(H,42,43)(H,45,53)(H,46,54)/t26-,27-,29-,30-/m0/s1. The zero-order valence-electron chi connectivity index (χ0n) is 30.8. The van der Waals surface area contributed by atoms with E-state index in [1.807, 2.05) is 42.5 Å². The van der Waals surface area contributed by atoms with Crippen LogP contribution in [0.4, 0.5) is 9.59 Å². The Balaban J connectivity index is 1.12. The average molecular weight is 767 g/mol. The summed E-state index contributed by atoms with van der Waals surface area (Å²) >= 11 is 0. The van der Waals surface area contributed by atoms with Crippen LogP contribution in [0, 0.1) is 11.8 Å². The van der Waals surface area contributed by atoms with Crippen molar-refractivity contribution in [2.75, 3.05) is 27.3 Å². The first kappa shape index (κ1) is 38.8. The number of fused-ring (bicyclic) bond motifs is 1. The van der Waals surface area contributed by atoms with E-state index in [2.05, 4.69) is 46.9 Å². The molecule has 2 aliphatic rings. The lowest BCUT2D eigenvalue weighted by Gasteiger charge is -2.27. The van der Waals surface area contributed by atoms with Crippen LogP contribution in [-0.4, -0.2) is 105 Å². The molecule has 4 heterocycles. The minimum absolute atomic E-state index is 0.362. The maximum absolute atomic E-state index is 13.4.